The van der Waals surface area contributed by atoms with Gasteiger partial charge in [-0.2, -0.15) is 0 Å². The maximum atomic E-state index is 13.2. The fraction of sp³-hybridized carbons (Fsp3) is 0.0556. The monoisotopic (exact) mass is 353 g/mol. The van der Waals surface area contributed by atoms with Crippen LogP contribution in [0, 0.1) is 5.82 Å². The van der Waals surface area contributed by atoms with Crippen LogP contribution in [0.2, 0.25) is 0 Å². The smallest absolute Gasteiger partial charge is 0.257 e. The fourth-order valence-electron chi connectivity index (χ4n) is 2.65. The van der Waals surface area contributed by atoms with Crippen LogP contribution in [0.5, 0.6) is 0 Å². The first-order chi connectivity index (χ1) is 12.1. The Morgan fingerprint density at radius 2 is 2.12 bits per heavy atom. The quantitative estimate of drug-likeness (QED) is 0.754. The number of fused-ring (bicyclic) bond motifs is 1. The average Bonchev–Trinajstić information content (AvgIpc) is 3.19. The summed E-state index contributed by atoms with van der Waals surface area (Å²) in [6.07, 6.45) is 0.358. The molecule has 0 aliphatic carbocycles. The van der Waals surface area contributed by atoms with Crippen molar-refractivity contribution >= 4 is 34.0 Å². The Kier molecular flexibility index (Phi) is 3.77. The minimum Gasteiger partial charge on any atom is -0.326 e. The van der Waals surface area contributed by atoms with Crippen LogP contribution in [-0.4, -0.2) is 16.8 Å². The van der Waals surface area contributed by atoms with E-state index in [4.69, 9.17) is 0 Å². The normalized spacial score (nSPS) is 12.6. The van der Waals surface area contributed by atoms with Crippen molar-refractivity contribution in [3.63, 3.8) is 0 Å². The third kappa shape index (κ3) is 3.14. The van der Waals surface area contributed by atoms with Crippen molar-refractivity contribution in [3.05, 3.63) is 64.8 Å². The first kappa shape index (κ1) is 15.5. The van der Waals surface area contributed by atoms with Gasteiger partial charge in [-0.3, -0.25) is 14.9 Å². The van der Waals surface area contributed by atoms with Crippen molar-refractivity contribution in [3.8, 4) is 11.3 Å². The molecular formula is C18H12FN3O2S. The van der Waals surface area contributed by atoms with Gasteiger partial charge in [0.1, 0.15) is 5.82 Å². The Morgan fingerprint density at radius 3 is 2.96 bits per heavy atom. The van der Waals surface area contributed by atoms with E-state index < -0.39 is 11.7 Å². The maximum Gasteiger partial charge on any atom is 0.257 e. The first-order valence-electron chi connectivity index (χ1n) is 7.54. The van der Waals surface area contributed by atoms with Crippen molar-refractivity contribution in [2.45, 2.75) is 6.42 Å². The summed E-state index contributed by atoms with van der Waals surface area (Å²) in [5.74, 6) is -0.897. The van der Waals surface area contributed by atoms with Crippen molar-refractivity contribution in [1.82, 2.24) is 4.98 Å². The zero-order valence-corrected chi connectivity index (χ0v) is 13.7. The molecule has 2 aromatic carbocycles. The van der Waals surface area contributed by atoms with Gasteiger partial charge in [-0.15, -0.1) is 11.3 Å². The molecule has 0 bridgehead atoms. The molecule has 0 spiro atoms. The second-order valence-corrected chi connectivity index (χ2v) is 6.46. The predicted octanol–water partition coefficient (Wildman–Crippen LogP) is 3.70. The Morgan fingerprint density at radius 1 is 1.24 bits per heavy atom. The summed E-state index contributed by atoms with van der Waals surface area (Å²) in [5, 5.41) is 7.71. The lowest BCUT2D eigenvalue weighted by Crippen LogP contribution is -2.11. The number of carbonyl (C=O) groups excluding carboxylic acids is 2. The highest BCUT2D eigenvalue weighted by Crippen LogP contribution is 2.31. The number of carbonyl (C=O) groups is 2. The van der Waals surface area contributed by atoms with Crippen molar-refractivity contribution < 1.29 is 14.0 Å². The lowest BCUT2D eigenvalue weighted by atomic mass is 10.1. The average molecular weight is 353 g/mol. The Labute approximate surface area is 146 Å². The van der Waals surface area contributed by atoms with E-state index in [1.165, 1.54) is 35.6 Å². The van der Waals surface area contributed by atoms with Crippen LogP contribution in [0.3, 0.4) is 0 Å². The van der Waals surface area contributed by atoms with Gasteiger partial charge >= 0.3 is 0 Å². The third-order valence-electron chi connectivity index (χ3n) is 3.84. The van der Waals surface area contributed by atoms with Gasteiger partial charge in [0.2, 0.25) is 5.91 Å². The molecule has 1 aliphatic heterocycles. The van der Waals surface area contributed by atoms with Crippen LogP contribution in [0.1, 0.15) is 15.9 Å². The highest BCUT2D eigenvalue weighted by atomic mass is 32.1. The van der Waals surface area contributed by atoms with Crippen molar-refractivity contribution in [1.29, 1.82) is 0 Å². The van der Waals surface area contributed by atoms with Gasteiger partial charge in [-0.25, -0.2) is 9.37 Å². The Balaban J connectivity index is 1.54. The number of amides is 2. The molecule has 124 valence electrons. The largest absolute Gasteiger partial charge is 0.326 e. The molecule has 0 atom stereocenters. The van der Waals surface area contributed by atoms with Gasteiger partial charge in [0.25, 0.3) is 5.91 Å². The van der Waals surface area contributed by atoms with Crippen LogP contribution in [-0.2, 0) is 11.2 Å². The summed E-state index contributed by atoms with van der Waals surface area (Å²) in [6.45, 7) is 0. The van der Waals surface area contributed by atoms with Crippen LogP contribution in [0.15, 0.2) is 47.8 Å². The number of anilines is 2. The Hall–Kier alpha value is -3.06. The minimum absolute atomic E-state index is 0.0199. The fourth-order valence-corrected chi connectivity index (χ4v) is 3.37. The number of aromatic nitrogens is 1. The van der Waals surface area contributed by atoms with Gasteiger partial charge < -0.3 is 5.32 Å². The summed E-state index contributed by atoms with van der Waals surface area (Å²) in [4.78, 5) is 28.0. The second-order valence-electron chi connectivity index (χ2n) is 5.60. The van der Waals surface area contributed by atoms with Gasteiger partial charge in [-0.1, -0.05) is 12.1 Å². The number of rotatable bonds is 3. The molecule has 3 aromatic rings. The molecule has 0 radical (unpaired) electrons. The summed E-state index contributed by atoms with van der Waals surface area (Å²) >= 11 is 1.29. The zero-order valence-electron chi connectivity index (χ0n) is 12.9. The molecule has 0 saturated heterocycles. The topological polar surface area (TPSA) is 71.1 Å². The van der Waals surface area contributed by atoms with E-state index in [-0.39, 0.29) is 11.5 Å². The van der Waals surface area contributed by atoms with E-state index >= 15 is 0 Å². The van der Waals surface area contributed by atoms with Gasteiger partial charge in [0.05, 0.1) is 12.1 Å². The van der Waals surface area contributed by atoms with E-state index in [1.54, 1.807) is 0 Å². The maximum absolute atomic E-state index is 13.2. The number of nitrogens with one attached hydrogen (secondary N) is 2. The van der Waals surface area contributed by atoms with Crippen molar-refractivity contribution in [2.24, 2.45) is 0 Å². The molecule has 5 nitrogen and oxygen atoms in total. The van der Waals surface area contributed by atoms with E-state index in [0.717, 1.165) is 16.8 Å². The molecule has 25 heavy (non-hydrogen) atoms. The standard InChI is InChI=1S/C18H12FN3O2S/c19-13-3-1-2-11(7-13)17(24)22-18-21-15(9-25-18)10-4-5-14-12(6-10)8-16(23)20-14/h1-7,9H,8H2,(H,20,23)(H,21,22,24). The first-order valence-corrected chi connectivity index (χ1v) is 8.42. The van der Waals surface area contributed by atoms with Crippen LogP contribution < -0.4 is 10.6 Å². The Bertz CT molecular complexity index is 999. The van der Waals surface area contributed by atoms with Gasteiger partial charge in [-0.05, 0) is 35.9 Å². The second kappa shape index (κ2) is 6.10. The van der Waals surface area contributed by atoms with E-state index in [2.05, 4.69) is 15.6 Å². The van der Waals surface area contributed by atoms with Crippen LogP contribution in [0.25, 0.3) is 11.3 Å². The number of thiazole rings is 1. The number of benzene rings is 2. The molecule has 2 amide bonds. The summed E-state index contributed by atoms with van der Waals surface area (Å²) in [7, 11) is 0. The number of nitrogens with zero attached hydrogens (tertiary/aromatic N) is 1. The lowest BCUT2D eigenvalue weighted by Gasteiger charge is -2.02. The van der Waals surface area contributed by atoms with Crippen LogP contribution in [0.4, 0.5) is 15.2 Å². The van der Waals surface area contributed by atoms with E-state index in [9.17, 15) is 14.0 Å². The lowest BCUT2D eigenvalue weighted by molar-refractivity contribution is -0.115. The zero-order chi connectivity index (χ0) is 17.4. The summed E-state index contributed by atoms with van der Waals surface area (Å²) in [6, 6.07) is 11.1. The molecule has 7 heteroatoms. The number of hydrogen-bond donors (Lipinski definition) is 2. The molecule has 2 N–H and O–H groups in total. The summed E-state index contributed by atoms with van der Waals surface area (Å²) in [5.41, 5.74) is 3.57. The highest BCUT2D eigenvalue weighted by Gasteiger charge is 2.18. The number of hydrogen-bond acceptors (Lipinski definition) is 4. The van der Waals surface area contributed by atoms with E-state index in [0.29, 0.717) is 17.2 Å². The summed E-state index contributed by atoms with van der Waals surface area (Å²) < 4.78 is 13.2. The molecule has 0 fully saturated rings. The number of halogens is 1. The van der Waals surface area contributed by atoms with Crippen LogP contribution >= 0.6 is 11.3 Å². The molecule has 1 aliphatic rings. The third-order valence-corrected chi connectivity index (χ3v) is 4.60. The SMILES string of the molecule is O=C1Cc2cc(-c3csc(NC(=O)c4cccc(F)c4)n3)ccc2N1. The van der Waals surface area contributed by atoms with Gasteiger partial charge in [0.15, 0.2) is 5.13 Å². The molecule has 4 rings (SSSR count). The molecule has 0 saturated carbocycles. The predicted molar refractivity (Wildman–Crippen MR) is 94.2 cm³/mol. The van der Waals surface area contributed by atoms with Crippen molar-refractivity contribution in [2.75, 3.05) is 10.6 Å². The van der Waals surface area contributed by atoms with Gasteiger partial charge in [0, 0.05) is 22.2 Å². The minimum atomic E-state index is -0.464. The molecule has 0 unspecified atom stereocenters. The van der Waals surface area contributed by atoms with E-state index in [1.807, 2.05) is 23.6 Å². The molecule has 1 aromatic heterocycles. The molecular weight excluding hydrogens is 341 g/mol. The highest BCUT2D eigenvalue weighted by molar-refractivity contribution is 7.14. The molecule has 2 heterocycles.